The third kappa shape index (κ3) is 5.64. The summed E-state index contributed by atoms with van der Waals surface area (Å²) < 4.78 is 10.7. The molecule has 0 aromatic heterocycles. The number of nitrogens with one attached hydrogen (secondary N) is 1. The third-order valence-electron chi connectivity index (χ3n) is 4.69. The molecule has 6 heteroatoms. The Labute approximate surface area is 149 Å². The van der Waals surface area contributed by atoms with Crippen molar-refractivity contribution in [3.8, 4) is 17.6 Å². The number of carbonyl (C=O) groups excluding carboxylic acids is 1. The zero-order chi connectivity index (χ0) is 18.2. The van der Waals surface area contributed by atoms with Gasteiger partial charge in [-0.05, 0) is 50.9 Å². The van der Waals surface area contributed by atoms with E-state index in [2.05, 4.69) is 24.1 Å². The summed E-state index contributed by atoms with van der Waals surface area (Å²) in [6.45, 7) is 7.15. The molecule has 1 aliphatic heterocycles. The molecule has 0 radical (unpaired) electrons. The summed E-state index contributed by atoms with van der Waals surface area (Å²) in [5, 5.41) is 11.8. The molecule has 1 aliphatic rings. The number of ether oxygens (including phenoxy) is 2. The van der Waals surface area contributed by atoms with Crippen LogP contribution in [0.4, 0.5) is 0 Å². The minimum Gasteiger partial charge on any atom is -0.493 e. The molecule has 0 bridgehead atoms. The molecule has 1 heterocycles. The number of carbonyl (C=O) groups is 1. The Morgan fingerprint density at radius 2 is 2.12 bits per heavy atom. The van der Waals surface area contributed by atoms with Gasteiger partial charge in [0.15, 0.2) is 18.1 Å². The van der Waals surface area contributed by atoms with Gasteiger partial charge in [0.2, 0.25) is 0 Å². The molecule has 0 spiro atoms. The number of nitrogens with zero attached hydrogens (tertiary/aromatic N) is 2. The zero-order valence-corrected chi connectivity index (χ0v) is 15.2. The predicted molar refractivity (Wildman–Crippen MR) is 95.6 cm³/mol. The average molecular weight is 345 g/mol. The molecule has 1 fully saturated rings. The number of hydrogen-bond donors (Lipinski definition) is 1. The van der Waals surface area contributed by atoms with Crippen LogP contribution in [-0.4, -0.2) is 50.2 Å². The van der Waals surface area contributed by atoms with Crippen molar-refractivity contribution in [2.45, 2.75) is 32.7 Å². The second-order valence-corrected chi connectivity index (χ2v) is 6.64. The van der Waals surface area contributed by atoms with Crippen LogP contribution in [0.25, 0.3) is 0 Å². The van der Waals surface area contributed by atoms with Gasteiger partial charge in [0, 0.05) is 18.7 Å². The van der Waals surface area contributed by atoms with Crippen LogP contribution in [0.1, 0.15) is 32.3 Å². The summed E-state index contributed by atoms with van der Waals surface area (Å²) in [6, 6.07) is 7.23. The van der Waals surface area contributed by atoms with Gasteiger partial charge in [0.05, 0.1) is 18.7 Å². The smallest absolute Gasteiger partial charge is 0.257 e. The number of likely N-dealkylation sites (tertiary alicyclic amines) is 1. The molecule has 1 aromatic rings. The van der Waals surface area contributed by atoms with Crippen LogP contribution >= 0.6 is 0 Å². The lowest BCUT2D eigenvalue weighted by Crippen LogP contribution is -2.46. The fraction of sp³-hybridized carbons (Fsp3) is 0.579. The molecule has 1 N–H and O–H groups in total. The molecule has 1 atom stereocenters. The number of piperidine rings is 1. The first-order chi connectivity index (χ1) is 12.0. The van der Waals surface area contributed by atoms with E-state index in [1.54, 1.807) is 18.2 Å². The van der Waals surface area contributed by atoms with Crippen LogP contribution in [0, 0.1) is 17.2 Å². The molecule has 1 amide bonds. The SMILES string of the molecule is COc1cc(C#N)ccc1OCC(=O)NC[C@H](C)N1CCC(C)CC1. The minimum atomic E-state index is -0.163. The summed E-state index contributed by atoms with van der Waals surface area (Å²) in [7, 11) is 1.50. The van der Waals surface area contributed by atoms with Gasteiger partial charge < -0.3 is 14.8 Å². The second-order valence-electron chi connectivity index (χ2n) is 6.64. The average Bonchev–Trinajstić information content (AvgIpc) is 2.64. The molecule has 0 unspecified atom stereocenters. The predicted octanol–water partition coefficient (Wildman–Crippen LogP) is 2.18. The van der Waals surface area contributed by atoms with Crippen molar-refractivity contribution in [3.05, 3.63) is 23.8 Å². The Morgan fingerprint density at radius 1 is 1.40 bits per heavy atom. The van der Waals surface area contributed by atoms with Crippen molar-refractivity contribution in [1.82, 2.24) is 10.2 Å². The largest absolute Gasteiger partial charge is 0.493 e. The van der Waals surface area contributed by atoms with Crippen molar-refractivity contribution in [1.29, 1.82) is 5.26 Å². The number of rotatable bonds is 7. The van der Waals surface area contributed by atoms with E-state index in [0.717, 1.165) is 19.0 Å². The van der Waals surface area contributed by atoms with Gasteiger partial charge in [0.1, 0.15) is 0 Å². The minimum absolute atomic E-state index is 0.0774. The lowest BCUT2D eigenvalue weighted by molar-refractivity contribution is -0.123. The van der Waals surface area contributed by atoms with E-state index in [1.165, 1.54) is 20.0 Å². The van der Waals surface area contributed by atoms with Crippen LogP contribution in [0.3, 0.4) is 0 Å². The third-order valence-corrected chi connectivity index (χ3v) is 4.69. The second kappa shape index (κ2) is 9.28. The van der Waals surface area contributed by atoms with Crippen molar-refractivity contribution >= 4 is 5.91 Å². The number of benzene rings is 1. The van der Waals surface area contributed by atoms with Gasteiger partial charge in [-0.2, -0.15) is 5.26 Å². The van der Waals surface area contributed by atoms with Gasteiger partial charge in [-0.15, -0.1) is 0 Å². The highest BCUT2D eigenvalue weighted by Crippen LogP contribution is 2.27. The Bertz CT molecular complexity index is 619. The summed E-state index contributed by atoms with van der Waals surface area (Å²) in [6.07, 6.45) is 2.44. The van der Waals surface area contributed by atoms with Crippen LogP contribution in [0.2, 0.25) is 0 Å². The van der Waals surface area contributed by atoms with E-state index in [0.29, 0.717) is 29.6 Å². The van der Waals surface area contributed by atoms with Crippen LogP contribution in [-0.2, 0) is 4.79 Å². The van der Waals surface area contributed by atoms with E-state index >= 15 is 0 Å². The maximum Gasteiger partial charge on any atom is 0.257 e. The summed E-state index contributed by atoms with van der Waals surface area (Å²) in [5.41, 5.74) is 0.485. The molecule has 0 aliphatic carbocycles. The van der Waals surface area contributed by atoms with E-state index < -0.39 is 0 Å². The standard InChI is InChI=1S/C19H27N3O3/c1-14-6-8-22(9-7-14)15(2)12-21-19(23)13-25-17-5-4-16(11-20)10-18(17)24-3/h4-5,10,14-15H,6-9,12-13H2,1-3H3,(H,21,23)/t15-/m0/s1. The fourth-order valence-electron chi connectivity index (χ4n) is 2.91. The van der Waals surface area contributed by atoms with Crippen molar-refractivity contribution in [3.63, 3.8) is 0 Å². The summed E-state index contributed by atoms with van der Waals surface area (Å²) >= 11 is 0. The number of hydrogen-bond acceptors (Lipinski definition) is 5. The van der Waals surface area contributed by atoms with E-state index in [9.17, 15) is 4.79 Å². The molecule has 6 nitrogen and oxygen atoms in total. The van der Waals surface area contributed by atoms with E-state index in [1.807, 2.05) is 6.07 Å². The Kier molecular flexibility index (Phi) is 7.08. The molecule has 136 valence electrons. The maximum absolute atomic E-state index is 12.0. The first kappa shape index (κ1) is 19.1. The van der Waals surface area contributed by atoms with Gasteiger partial charge in [0.25, 0.3) is 5.91 Å². The molecular formula is C19H27N3O3. The van der Waals surface area contributed by atoms with Crippen molar-refractivity contribution in [2.24, 2.45) is 5.92 Å². The van der Waals surface area contributed by atoms with Gasteiger partial charge in [-0.25, -0.2) is 0 Å². The topological polar surface area (TPSA) is 74.6 Å². The lowest BCUT2D eigenvalue weighted by atomic mass is 9.98. The highest BCUT2D eigenvalue weighted by molar-refractivity contribution is 5.77. The highest BCUT2D eigenvalue weighted by atomic mass is 16.5. The van der Waals surface area contributed by atoms with Crippen LogP contribution < -0.4 is 14.8 Å². The lowest BCUT2D eigenvalue weighted by Gasteiger charge is -2.35. The number of methoxy groups -OCH3 is 1. The number of amides is 1. The molecular weight excluding hydrogens is 318 g/mol. The molecule has 2 rings (SSSR count). The number of nitriles is 1. The Balaban J connectivity index is 1.76. The van der Waals surface area contributed by atoms with Crippen LogP contribution in [0.5, 0.6) is 11.5 Å². The molecule has 1 saturated heterocycles. The molecule has 1 aromatic carbocycles. The van der Waals surface area contributed by atoms with E-state index in [4.69, 9.17) is 14.7 Å². The van der Waals surface area contributed by atoms with Crippen LogP contribution in [0.15, 0.2) is 18.2 Å². The van der Waals surface area contributed by atoms with E-state index in [-0.39, 0.29) is 12.5 Å². The molecule has 0 saturated carbocycles. The quantitative estimate of drug-likeness (QED) is 0.820. The Hall–Kier alpha value is -2.26. The fourth-order valence-corrected chi connectivity index (χ4v) is 2.91. The molecule has 25 heavy (non-hydrogen) atoms. The Morgan fingerprint density at radius 3 is 2.76 bits per heavy atom. The zero-order valence-electron chi connectivity index (χ0n) is 15.2. The summed E-state index contributed by atoms with van der Waals surface area (Å²) in [5.74, 6) is 1.54. The van der Waals surface area contributed by atoms with Gasteiger partial charge >= 0.3 is 0 Å². The highest BCUT2D eigenvalue weighted by Gasteiger charge is 2.20. The first-order valence-electron chi connectivity index (χ1n) is 8.75. The first-order valence-corrected chi connectivity index (χ1v) is 8.75. The van der Waals surface area contributed by atoms with Crippen molar-refractivity contribution < 1.29 is 14.3 Å². The monoisotopic (exact) mass is 345 g/mol. The van der Waals surface area contributed by atoms with Gasteiger partial charge in [-0.1, -0.05) is 6.92 Å². The normalized spacial score (nSPS) is 16.7. The van der Waals surface area contributed by atoms with Crippen molar-refractivity contribution in [2.75, 3.05) is 33.4 Å². The maximum atomic E-state index is 12.0. The summed E-state index contributed by atoms with van der Waals surface area (Å²) in [4.78, 5) is 14.5. The van der Waals surface area contributed by atoms with Gasteiger partial charge in [-0.3, -0.25) is 9.69 Å².